The van der Waals surface area contributed by atoms with Crippen molar-refractivity contribution < 1.29 is 17.6 Å². The number of nitrogens with zero attached hydrogens (tertiary/aromatic N) is 1. The molecule has 1 aliphatic heterocycles. The van der Waals surface area contributed by atoms with E-state index in [1.54, 1.807) is 4.90 Å². The first-order chi connectivity index (χ1) is 9.96. The van der Waals surface area contributed by atoms with E-state index >= 15 is 0 Å². The van der Waals surface area contributed by atoms with Crippen LogP contribution in [0.5, 0.6) is 0 Å². The van der Waals surface area contributed by atoms with Gasteiger partial charge in [0.2, 0.25) is 15.9 Å². The molecule has 1 amide bonds. The topological polar surface area (TPSA) is 66.5 Å². The molecule has 1 saturated heterocycles. The van der Waals surface area contributed by atoms with Crippen LogP contribution in [0.3, 0.4) is 0 Å². The molecule has 0 saturated carbocycles. The molecule has 1 aromatic rings. The summed E-state index contributed by atoms with van der Waals surface area (Å²) >= 11 is 0. The molecule has 5 nitrogen and oxygen atoms in total. The first-order valence-electron chi connectivity index (χ1n) is 6.96. The average molecular weight is 314 g/mol. The van der Waals surface area contributed by atoms with Gasteiger partial charge in [0.15, 0.2) is 0 Å². The molecule has 7 heteroatoms. The van der Waals surface area contributed by atoms with Crippen LogP contribution in [0.1, 0.15) is 24.8 Å². The Morgan fingerprint density at radius 1 is 1.19 bits per heavy atom. The fourth-order valence-electron chi connectivity index (χ4n) is 2.29. The Balaban J connectivity index is 1.81. The van der Waals surface area contributed by atoms with Gasteiger partial charge in [-0.25, -0.2) is 17.5 Å². The van der Waals surface area contributed by atoms with Gasteiger partial charge in [0.1, 0.15) is 5.82 Å². The van der Waals surface area contributed by atoms with Crippen LogP contribution >= 0.6 is 0 Å². The number of piperidine rings is 1. The zero-order valence-electron chi connectivity index (χ0n) is 11.7. The molecule has 1 fully saturated rings. The minimum atomic E-state index is -3.48. The number of rotatable bonds is 6. The van der Waals surface area contributed by atoms with E-state index in [0.717, 1.165) is 12.8 Å². The number of halogens is 1. The molecular weight excluding hydrogens is 295 g/mol. The zero-order valence-corrected chi connectivity index (χ0v) is 12.5. The number of carbonyl (C=O) groups excluding carboxylic acids is 1. The predicted octanol–water partition coefficient (Wildman–Crippen LogP) is 1.26. The molecule has 0 aliphatic carbocycles. The molecule has 0 atom stereocenters. The molecule has 0 spiro atoms. The summed E-state index contributed by atoms with van der Waals surface area (Å²) in [6.45, 7) is 1.29. The number of sulfonamides is 1. The Bertz CT molecular complexity index is 587. The molecule has 1 N–H and O–H groups in total. The summed E-state index contributed by atoms with van der Waals surface area (Å²) in [6.07, 6.45) is 2.42. The first-order valence-corrected chi connectivity index (χ1v) is 8.61. The molecular formula is C14H19FN2O3S. The molecule has 0 unspecified atom stereocenters. The van der Waals surface area contributed by atoms with Crippen molar-refractivity contribution in [3.8, 4) is 0 Å². The van der Waals surface area contributed by atoms with E-state index in [-0.39, 0.29) is 18.2 Å². The van der Waals surface area contributed by atoms with Crippen molar-refractivity contribution in [1.29, 1.82) is 0 Å². The van der Waals surface area contributed by atoms with Gasteiger partial charge >= 0.3 is 0 Å². The van der Waals surface area contributed by atoms with Gasteiger partial charge in [-0.3, -0.25) is 4.79 Å². The van der Waals surface area contributed by atoms with E-state index in [1.807, 2.05) is 0 Å². The molecule has 0 aromatic heterocycles. The highest BCUT2D eigenvalue weighted by atomic mass is 32.2. The van der Waals surface area contributed by atoms with Gasteiger partial charge in [-0.1, -0.05) is 12.1 Å². The van der Waals surface area contributed by atoms with Crippen molar-refractivity contribution in [2.24, 2.45) is 0 Å². The predicted molar refractivity (Wildman–Crippen MR) is 77.5 cm³/mol. The summed E-state index contributed by atoms with van der Waals surface area (Å²) < 4.78 is 39.0. The SMILES string of the molecule is O=C1CCCCN1CCNS(=O)(=O)Cc1ccc(F)cc1. The summed E-state index contributed by atoms with van der Waals surface area (Å²) in [7, 11) is -3.48. The van der Waals surface area contributed by atoms with Crippen LogP contribution in [0.2, 0.25) is 0 Å². The van der Waals surface area contributed by atoms with Gasteiger partial charge in [-0.2, -0.15) is 0 Å². The van der Waals surface area contributed by atoms with Gasteiger partial charge < -0.3 is 4.90 Å². The number of likely N-dealkylation sites (tertiary alicyclic amines) is 1. The summed E-state index contributed by atoms with van der Waals surface area (Å²) in [5.41, 5.74) is 0.526. The van der Waals surface area contributed by atoms with Crippen LogP contribution in [0, 0.1) is 5.82 Å². The normalized spacial score (nSPS) is 16.2. The van der Waals surface area contributed by atoms with E-state index in [2.05, 4.69) is 4.72 Å². The van der Waals surface area contributed by atoms with Crippen LogP contribution in [0.4, 0.5) is 4.39 Å². The maximum absolute atomic E-state index is 12.8. The standard InChI is InChI=1S/C14H19FN2O3S/c15-13-6-4-12(5-7-13)11-21(19,20)16-8-10-17-9-2-1-3-14(17)18/h4-7,16H,1-3,8-11H2. The number of benzene rings is 1. The first kappa shape index (κ1) is 15.9. The Labute approximate surface area is 124 Å². The smallest absolute Gasteiger partial charge is 0.222 e. The van der Waals surface area contributed by atoms with E-state index in [1.165, 1.54) is 24.3 Å². The monoisotopic (exact) mass is 314 g/mol. The largest absolute Gasteiger partial charge is 0.341 e. The quantitative estimate of drug-likeness (QED) is 0.859. The average Bonchev–Trinajstić information content (AvgIpc) is 2.43. The Hall–Kier alpha value is -1.47. The van der Waals surface area contributed by atoms with Crippen molar-refractivity contribution in [3.63, 3.8) is 0 Å². The second-order valence-electron chi connectivity index (χ2n) is 5.12. The summed E-state index contributed by atoms with van der Waals surface area (Å²) in [6, 6.07) is 5.36. The Kier molecular flexibility index (Phi) is 5.30. The Morgan fingerprint density at radius 3 is 2.57 bits per heavy atom. The number of nitrogens with one attached hydrogen (secondary N) is 1. The molecule has 0 bridgehead atoms. The van der Waals surface area contributed by atoms with Crippen molar-refractivity contribution in [1.82, 2.24) is 9.62 Å². The lowest BCUT2D eigenvalue weighted by Gasteiger charge is -2.26. The summed E-state index contributed by atoms with van der Waals surface area (Å²) in [5.74, 6) is -0.506. The molecule has 116 valence electrons. The van der Waals surface area contributed by atoms with Crippen LogP contribution in [-0.4, -0.2) is 38.9 Å². The number of hydrogen-bond acceptors (Lipinski definition) is 3. The highest BCUT2D eigenvalue weighted by molar-refractivity contribution is 7.88. The van der Waals surface area contributed by atoms with E-state index < -0.39 is 15.8 Å². The van der Waals surface area contributed by atoms with E-state index in [9.17, 15) is 17.6 Å². The molecule has 1 aromatic carbocycles. The van der Waals surface area contributed by atoms with Crippen molar-refractivity contribution in [2.75, 3.05) is 19.6 Å². The second-order valence-corrected chi connectivity index (χ2v) is 6.92. The minimum absolute atomic E-state index is 0.0824. The highest BCUT2D eigenvalue weighted by Crippen LogP contribution is 2.10. The summed E-state index contributed by atoms with van der Waals surface area (Å²) in [4.78, 5) is 13.3. The highest BCUT2D eigenvalue weighted by Gasteiger charge is 2.18. The maximum atomic E-state index is 12.8. The third-order valence-corrected chi connectivity index (χ3v) is 4.75. The minimum Gasteiger partial charge on any atom is -0.341 e. The number of hydrogen-bond donors (Lipinski definition) is 1. The van der Waals surface area contributed by atoms with Gasteiger partial charge in [0.25, 0.3) is 0 Å². The lowest BCUT2D eigenvalue weighted by Crippen LogP contribution is -2.41. The van der Waals surface area contributed by atoms with Gasteiger partial charge in [0, 0.05) is 26.1 Å². The number of amides is 1. The van der Waals surface area contributed by atoms with Crippen molar-refractivity contribution in [2.45, 2.75) is 25.0 Å². The number of carbonyl (C=O) groups is 1. The lowest BCUT2D eigenvalue weighted by molar-refractivity contribution is -0.133. The lowest BCUT2D eigenvalue weighted by atomic mass is 10.1. The van der Waals surface area contributed by atoms with Gasteiger partial charge in [-0.05, 0) is 30.5 Å². The molecule has 0 radical (unpaired) electrons. The fraction of sp³-hybridized carbons (Fsp3) is 0.500. The van der Waals surface area contributed by atoms with Crippen LogP contribution in [-0.2, 0) is 20.6 Å². The molecule has 1 aliphatic rings. The molecule has 1 heterocycles. The van der Waals surface area contributed by atoms with Crippen molar-refractivity contribution >= 4 is 15.9 Å². The fourth-order valence-corrected chi connectivity index (χ4v) is 3.42. The molecule has 21 heavy (non-hydrogen) atoms. The van der Waals surface area contributed by atoms with Gasteiger partial charge in [-0.15, -0.1) is 0 Å². The van der Waals surface area contributed by atoms with E-state index in [0.29, 0.717) is 25.1 Å². The second kappa shape index (κ2) is 7.00. The van der Waals surface area contributed by atoms with Crippen molar-refractivity contribution in [3.05, 3.63) is 35.6 Å². The Morgan fingerprint density at radius 2 is 1.90 bits per heavy atom. The van der Waals surface area contributed by atoms with Gasteiger partial charge in [0.05, 0.1) is 5.75 Å². The zero-order chi connectivity index (χ0) is 15.3. The third-order valence-electron chi connectivity index (χ3n) is 3.40. The molecule has 2 rings (SSSR count). The van der Waals surface area contributed by atoms with E-state index in [4.69, 9.17) is 0 Å². The van der Waals surface area contributed by atoms with Crippen LogP contribution in [0.15, 0.2) is 24.3 Å². The summed E-state index contributed by atoms with van der Waals surface area (Å²) in [5, 5.41) is 0. The third kappa shape index (κ3) is 5.09. The van der Waals surface area contributed by atoms with Crippen LogP contribution < -0.4 is 4.72 Å². The maximum Gasteiger partial charge on any atom is 0.222 e. The van der Waals surface area contributed by atoms with Crippen LogP contribution in [0.25, 0.3) is 0 Å².